The number of primary amides is 1. The number of carbonyl (C=O) groups excluding carboxylic acids is 1. The molecule has 0 saturated heterocycles. The Hall–Kier alpha value is -1.41. The van der Waals surface area contributed by atoms with Gasteiger partial charge in [-0.3, -0.25) is 4.79 Å². The summed E-state index contributed by atoms with van der Waals surface area (Å²) in [7, 11) is -3.82. The van der Waals surface area contributed by atoms with Gasteiger partial charge < -0.3 is 5.73 Å². The standard InChI is InChI=1S/C13H13ClN2O3S2/c14-11-6-7-12(20-11)21(18,19)16-10(13(15)17)8-9-4-2-1-3-5-9/h1-7,10,16H,8H2,(H2,15,17). The fourth-order valence-corrected chi connectivity index (χ4v) is 4.44. The van der Waals surface area contributed by atoms with Crippen LogP contribution in [0, 0.1) is 0 Å². The van der Waals surface area contributed by atoms with Crippen molar-refractivity contribution in [2.45, 2.75) is 16.7 Å². The Morgan fingerprint density at radius 2 is 1.90 bits per heavy atom. The highest BCUT2D eigenvalue weighted by molar-refractivity contribution is 7.91. The fourth-order valence-electron chi connectivity index (χ4n) is 1.74. The van der Waals surface area contributed by atoms with Crippen molar-refractivity contribution in [3.05, 3.63) is 52.4 Å². The van der Waals surface area contributed by atoms with Gasteiger partial charge in [-0.15, -0.1) is 11.3 Å². The molecule has 0 saturated carbocycles. The van der Waals surface area contributed by atoms with Gasteiger partial charge in [0.15, 0.2) is 0 Å². The third-order valence-corrected chi connectivity index (χ3v) is 5.93. The van der Waals surface area contributed by atoms with Crippen molar-refractivity contribution in [1.82, 2.24) is 4.72 Å². The molecular formula is C13H13ClN2O3S2. The van der Waals surface area contributed by atoms with Crippen LogP contribution < -0.4 is 10.5 Å². The molecule has 1 amide bonds. The summed E-state index contributed by atoms with van der Waals surface area (Å²) in [6.07, 6.45) is 0.189. The lowest BCUT2D eigenvalue weighted by molar-refractivity contribution is -0.119. The minimum absolute atomic E-state index is 0.0480. The Morgan fingerprint density at radius 3 is 2.43 bits per heavy atom. The van der Waals surface area contributed by atoms with E-state index in [2.05, 4.69) is 4.72 Å². The van der Waals surface area contributed by atoms with E-state index in [0.717, 1.165) is 16.9 Å². The van der Waals surface area contributed by atoms with E-state index in [1.54, 1.807) is 24.3 Å². The number of sulfonamides is 1. The number of rotatable bonds is 6. The Kier molecular flexibility index (Phi) is 5.00. The largest absolute Gasteiger partial charge is 0.368 e. The van der Waals surface area contributed by atoms with Gasteiger partial charge in [-0.05, 0) is 24.1 Å². The summed E-state index contributed by atoms with van der Waals surface area (Å²) in [5, 5.41) is 0. The molecule has 0 aliphatic rings. The number of nitrogens with one attached hydrogen (secondary N) is 1. The van der Waals surface area contributed by atoms with Crippen LogP contribution >= 0.6 is 22.9 Å². The second-order valence-corrected chi connectivity index (χ2v) is 7.98. The Bertz CT molecular complexity index is 729. The van der Waals surface area contributed by atoms with Gasteiger partial charge in [0.25, 0.3) is 10.0 Å². The monoisotopic (exact) mass is 344 g/mol. The smallest absolute Gasteiger partial charge is 0.250 e. The molecule has 1 unspecified atom stereocenters. The predicted molar refractivity (Wildman–Crippen MR) is 82.8 cm³/mol. The van der Waals surface area contributed by atoms with E-state index >= 15 is 0 Å². The predicted octanol–water partition coefficient (Wildman–Crippen LogP) is 1.78. The average Bonchev–Trinajstić information content (AvgIpc) is 2.86. The van der Waals surface area contributed by atoms with Gasteiger partial charge in [-0.2, -0.15) is 4.72 Å². The highest BCUT2D eigenvalue weighted by Gasteiger charge is 2.25. The number of halogens is 1. The molecule has 3 N–H and O–H groups in total. The lowest BCUT2D eigenvalue weighted by Crippen LogP contribution is -2.45. The molecule has 0 aliphatic heterocycles. The molecule has 2 rings (SSSR count). The molecule has 21 heavy (non-hydrogen) atoms. The number of amides is 1. The molecule has 0 fully saturated rings. The molecule has 112 valence electrons. The number of nitrogens with two attached hydrogens (primary N) is 1. The molecular weight excluding hydrogens is 332 g/mol. The molecule has 0 aliphatic carbocycles. The highest BCUT2D eigenvalue weighted by Crippen LogP contribution is 2.25. The topological polar surface area (TPSA) is 89.3 Å². The molecule has 1 atom stereocenters. The second kappa shape index (κ2) is 6.57. The van der Waals surface area contributed by atoms with Gasteiger partial charge in [-0.1, -0.05) is 41.9 Å². The summed E-state index contributed by atoms with van der Waals surface area (Å²) < 4.78 is 27.1. The van der Waals surface area contributed by atoms with E-state index in [9.17, 15) is 13.2 Å². The molecule has 1 aromatic heterocycles. The van der Waals surface area contributed by atoms with Gasteiger partial charge in [-0.25, -0.2) is 8.42 Å². The lowest BCUT2D eigenvalue weighted by Gasteiger charge is -2.15. The van der Waals surface area contributed by atoms with Gasteiger partial charge in [0.2, 0.25) is 5.91 Å². The first-order valence-electron chi connectivity index (χ1n) is 5.99. The zero-order valence-corrected chi connectivity index (χ0v) is 13.2. The summed E-state index contributed by atoms with van der Waals surface area (Å²) in [6, 6.07) is 10.9. The normalized spacial score (nSPS) is 13.0. The zero-order valence-electron chi connectivity index (χ0n) is 10.8. The van der Waals surface area contributed by atoms with Crippen LogP contribution in [0.3, 0.4) is 0 Å². The summed E-state index contributed by atoms with van der Waals surface area (Å²) in [5.74, 6) is -0.731. The van der Waals surface area contributed by atoms with Crippen molar-refractivity contribution >= 4 is 38.9 Å². The fraction of sp³-hybridized carbons (Fsp3) is 0.154. The first-order chi connectivity index (χ1) is 9.88. The van der Waals surface area contributed by atoms with E-state index < -0.39 is 22.0 Å². The second-order valence-electron chi connectivity index (χ2n) is 4.32. The van der Waals surface area contributed by atoms with Crippen LogP contribution in [0.4, 0.5) is 0 Å². The van der Waals surface area contributed by atoms with Gasteiger partial charge in [0.05, 0.1) is 4.34 Å². The minimum Gasteiger partial charge on any atom is -0.368 e. The van der Waals surface area contributed by atoms with Crippen LogP contribution in [-0.2, 0) is 21.2 Å². The third kappa shape index (κ3) is 4.28. The number of thiophene rings is 1. The van der Waals surface area contributed by atoms with E-state index in [4.69, 9.17) is 17.3 Å². The molecule has 1 aromatic carbocycles. The number of hydrogen-bond donors (Lipinski definition) is 2. The molecule has 0 spiro atoms. The van der Waals surface area contributed by atoms with Crippen LogP contribution in [0.25, 0.3) is 0 Å². The lowest BCUT2D eigenvalue weighted by atomic mass is 10.1. The van der Waals surface area contributed by atoms with E-state index in [1.165, 1.54) is 12.1 Å². The van der Waals surface area contributed by atoms with Crippen LogP contribution in [-0.4, -0.2) is 20.4 Å². The van der Waals surface area contributed by atoms with E-state index in [0.29, 0.717) is 4.34 Å². The maximum Gasteiger partial charge on any atom is 0.250 e. The van der Waals surface area contributed by atoms with Crippen molar-refractivity contribution in [1.29, 1.82) is 0 Å². The van der Waals surface area contributed by atoms with Gasteiger partial charge >= 0.3 is 0 Å². The highest BCUT2D eigenvalue weighted by atomic mass is 35.5. The van der Waals surface area contributed by atoms with Crippen molar-refractivity contribution in [2.24, 2.45) is 5.73 Å². The van der Waals surface area contributed by atoms with Crippen LogP contribution in [0.5, 0.6) is 0 Å². The summed E-state index contributed by atoms with van der Waals surface area (Å²) in [5.41, 5.74) is 6.10. The summed E-state index contributed by atoms with van der Waals surface area (Å²) >= 11 is 6.65. The third-order valence-electron chi connectivity index (χ3n) is 2.74. The Balaban J connectivity index is 2.18. The average molecular weight is 345 g/mol. The quantitative estimate of drug-likeness (QED) is 0.837. The van der Waals surface area contributed by atoms with E-state index in [-0.39, 0.29) is 10.6 Å². The zero-order chi connectivity index (χ0) is 15.5. The SMILES string of the molecule is NC(=O)C(Cc1ccccc1)NS(=O)(=O)c1ccc(Cl)s1. The number of carbonyl (C=O) groups is 1. The molecule has 8 heteroatoms. The van der Waals surface area contributed by atoms with Crippen LogP contribution in [0.1, 0.15) is 5.56 Å². The molecule has 1 heterocycles. The first kappa shape index (κ1) is 16.0. The molecule has 0 radical (unpaired) electrons. The Labute approximate surface area is 131 Å². The van der Waals surface area contributed by atoms with Crippen LogP contribution in [0.15, 0.2) is 46.7 Å². The maximum atomic E-state index is 12.2. The van der Waals surface area contributed by atoms with Gasteiger partial charge in [0.1, 0.15) is 10.3 Å². The van der Waals surface area contributed by atoms with Crippen molar-refractivity contribution in [2.75, 3.05) is 0 Å². The van der Waals surface area contributed by atoms with E-state index in [1.807, 2.05) is 6.07 Å². The summed E-state index contributed by atoms with van der Waals surface area (Å²) in [6.45, 7) is 0. The molecule has 0 bridgehead atoms. The van der Waals surface area contributed by atoms with Crippen molar-refractivity contribution < 1.29 is 13.2 Å². The number of hydrogen-bond acceptors (Lipinski definition) is 4. The minimum atomic E-state index is -3.82. The van der Waals surface area contributed by atoms with Crippen molar-refractivity contribution in [3.8, 4) is 0 Å². The van der Waals surface area contributed by atoms with Crippen molar-refractivity contribution in [3.63, 3.8) is 0 Å². The molecule has 2 aromatic rings. The molecule has 5 nitrogen and oxygen atoms in total. The number of benzene rings is 1. The first-order valence-corrected chi connectivity index (χ1v) is 8.67. The van der Waals surface area contributed by atoms with Crippen LogP contribution in [0.2, 0.25) is 4.34 Å². The van der Waals surface area contributed by atoms with Gasteiger partial charge in [0, 0.05) is 0 Å². The Morgan fingerprint density at radius 1 is 1.24 bits per heavy atom. The summed E-state index contributed by atoms with van der Waals surface area (Å²) in [4.78, 5) is 11.5. The maximum absolute atomic E-state index is 12.2.